The Morgan fingerprint density at radius 1 is 1.23 bits per heavy atom. The van der Waals surface area contributed by atoms with Crippen molar-refractivity contribution >= 4 is 0 Å². The van der Waals surface area contributed by atoms with Crippen molar-refractivity contribution in [3.63, 3.8) is 0 Å². The summed E-state index contributed by atoms with van der Waals surface area (Å²) < 4.78 is 5.72. The molecule has 0 amide bonds. The van der Waals surface area contributed by atoms with Gasteiger partial charge in [-0.1, -0.05) is 20.8 Å². The number of nitrogens with two attached hydrogens (primary N) is 1. The first-order valence-electron chi connectivity index (χ1n) is 4.67. The van der Waals surface area contributed by atoms with Gasteiger partial charge in [-0.2, -0.15) is 0 Å². The normalized spacial score (nSPS) is 12.2. The van der Waals surface area contributed by atoms with Gasteiger partial charge < -0.3 is 10.2 Å². The fourth-order valence-electron chi connectivity index (χ4n) is 1.53. The highest BCUT2D eigenvalue weighted by atomic mass is 16.3. The molecule has 0 bridgehead atoms. The molecule has 74 valence electrons. The maximum atomic E-state index is 5.72. The van der Waals surface area contributed by atoms with Gasteiger partial charge in [0.1, 0.15) is 11.5 Å². The highest BCUT2D eigenvalue weighted by Gasteiger charge is 2.24. The molecule has 0 atom stereocenters. The minimum atomic E-state index is 0.0493. The number of hydrogen-bond donors (Lipinski definition) is 1. The molecule has 2 N–H and O–H groups in total. The van der Waals surface area contributed by atoms with Gasteiger partial charge in [0.15, 0.2) is 0 Å². The number of hydrogen-bond acceptors (Lipinski definition) is 2. The Morgan fingerprint density at radius 2 is 1.77 bits per heavy atom. The molecule has 0 aromatic carbocycles. The first kappa shape index (κ1) is 10.3. The second-order valence-electron chi connectivity index (χ2n) is 4.55. The monoisotopic (exact) mass is 181 g/mol. The van der Waals surface area contributed by atoms with Gasteiger partial charge in [0, 0.05) is 17.5 Å². The van der Waals surface area contributed by atoms with E-state index in [0.29, 0.717) is 6.54 Å². The van der Waals surface area contributed by atoms with E-state index in [4.69, 9.17) is 10.2 Å². The van der Waals surface area contributed by atoms with Gasteiger partial charge in [0.05, 0.1) is 0 Å². The zero-order valence-electron chi connectivity index (χ0n) is 9.19. The van der Waals surface area contributed by atoms with Gasteiger partial charge in [-0.15, -0.1) is 0 Å². The smallest absolute Gasteiger partial charge is 0.114 e. The summed E-state index contributed by atoms with van der Waals surface area (Å²) >= 11 is 0. The zero-order valence-corrected chi connectivity index (χ0v) is 9.19. The molecule has 0 fully saturated rings. The molecule has 2 heteroatoms. The van der Waals surface area contributed by atoms with Crippen molar-refractivity contribution in [1.29, 1.82) is 0 Å². The summed E-state index contributed by atoms with van der Waals surface area (Å²) in [5.41, 5.74) is 8.12. The summed E-state index contributed by atoms with van der Waals surface area (Å²) in [4.78, 5) is 0. The molecular weight excluding hydrogens is 162 g/mol. The highest BCUT2D eigenvalue weighted by molar-refractivity contribution is 5.35. The van der Waals surface area contributed by atoms with Crippen LogP contribution in [0.1, 0.15) is 43.4 Å². The van der Waals surface area contributed by atoms with Crippen LogP contribution >= 0.6 is 0 Å². The average Bonchev–Trinajstić information content (AvgIpc) is 2.28. The van der Waals surface area contributed by atoms with Crippen molar-refractivity contribution in [3.05, 3.63) is 22.6 Å². The van der Waals surface area contributed by atoms with Crippen molar-refractivity contribution in [2.75, 3.05) is 0 Å². The van der Waals surface area contributed by atoms with Crippen LogP contribution in [0.5, 0.6) is 0 Å². The van der Waals surface area contributed by atoms with Crippen molar-refractivity contribution in [2.45, 2.75) is 46.6 Å². The highest BCUT2D eigenvalue weighted by Crippen LogP contribution is 2.31. The summed E-state index contributed by atoms with van der Waals surface area (Å²) in [5, 5.41) is 0. The first-order chi connectivity index (χ1) is 5.88. The van der Waals surface area contributed by atoms with Crippen molar-refractivity contribution in [1.82, 2.24) is 0 Å². The van der Waals surface area contributed by atoms with E-state index < -0.39 is 0 Å². The summed E-state index contributed by atoms with van der Waals surface area (Å²) in [7, 11) is 0. The molecule has 0 saturated carbocycles. The Bertz CT molecular complexity index is 305. The summed E-state index contributed by atoms with van der Waals surface area (Å²) in [6.07, 6.45) is 0. The quantitative estimate of drug-likeness (QED) is 0.723. The zero-order chi connectivity index (χ0) is 10.2. The van der Waals surface area contributed by atoms with Crippen LogP contribution in [-0.2, 0) is 12.0 Å². The van der Waals surface area contributed by atoms with E-state index >= 15 is 0 Å². The molecule has 13 heavy (non-hydrogen) atoms. The van der Waals surface area contributed by atoms with E-state index in [9.17, 15) is 0 Å². The third kappa shape index (κ3) is 1.78. The van der Waals surface area contributed by atoms with Gasteiger partial charge in [0.25, 0.3) is 0 Å². The van der Waals surface area contributed by atoms with Crippen LogP contribution in [0.4, 0.5) is 0 Å². The van der Waals surface area contributed by atoms with Crippen LogP contribution in [-0.4, -0.2) is 0 Å². The molecule has 0 unspecified atom stereocenters. The third-order valence-corrected chi connectivity index (χ3v) is 2.40. The SMILES string of the molecule is Cc1oc(C(C)(C)C)c(CN)c1C. The first-order valence-corrected chi connectivity index (χ1v) is 4.67. The van der Waals surface area contributed by atoms with Gasteiger partial charge in [0.2, 0.25) is 0 Å². The van der Waals surface area contributed by atoms with Gasteiger partial charge >= 0.3 is 0 Å². The second kappa shape index (κ2) is 3.18. The standard InChI is InChI=1S/C11H19NO/c1-7-8(2)13-10(9(7)6-12)11(3,4)5/h6,12H2,1-5H3. The van der Waals surface area contributed by atoms with Crippen molar-refractivity contribution in [3.8, 4) is 0 Å². The minimum Gasteiger partial charge on any atom is -0.465 e. The predicted octanol–water partition coefficient (Wildman–Crippen LogP) is 2.65. The van der Waals surface area contributed by atoms with Gasteiger partial charge in [-0.3, -0.25) is 0 Å². The number of furan rings is 1. The van der Waals surface area contributed by atoms with Crippen molar-refractivity contribution in [2.24, 2.45) is 5.73 Å². The molecular formula is C11H19NO. The van der Waals surface area contributed by atoms with E-state index in [1.165, 1.54) is 11.1 Å². The third-order valence-electron chi connectivity index (χ3n) is 2.40. The van der Waals surface area contributed by atoms with Crippen molar-refractivity contribution < 1.29 is 4.42 Å². The molecule has 1 aromatic rings. The van der Waals surface area contributed by atoms with Crippen LogP contribution in [0.25, 0.3) is 0 Å². The number of aryl methyl sites for hydroxylation is 1. The Labute approximate surface area is 80.1 Å². The molecule has 1 aromatic heterocycles. The molecule has 0 aliphatic carbocycles. The van der Waals surface area contributed by atoms with Gasteiger partial charge in [-0.05, 0) is 19.4 Å². The lowest BCUT2D eigenvalue weighted by Crippen LogP contribution is -2.14. The Hall–Kier alpha value is -0.760. The summed E-state index contributed by atoms with van der Waals surface area (Å²) in [6.45, 7) is 11.0. The van der Waals surface area contributed by atoms with Crippen LogP contribution in [0.15, 0.2) is 4.42 Å². The van der Waals surface area contributed by atoms with E-state index in [2.05, 4.69) is 27.7 Å². The molecule has 0 radical (unpaired) electrons. The minimum absolute atomic E-state index is 0.0493. The summed E-state index contributed by atoms with van der Waals surface area (Å²) in [6, 6.07) is 0. The lowest BCUT2D eigenvalue weighted by Gasteiger charge is -2.16. The lowest BCUT2D eigenvalue weighted by atomic mass is 9.89. The van der Waals surface area contributed by atoms with Crippen LogP contribution in [0.3, 0.4) is 0 Å². The Kier molecular flexibility index (Phi) is 2.53. The topological polar surface area (TPSA) is 39.2 Å². The lowest BCUT2D eigenvalue weighted by molar-refractivity contribution is 0.391. The Morgan fingerprint density at radius 3 is 2.08 bits per heavy atom. The number of rotatable bonds is 1. The van der Waals surface area contributed by atoms with E-state index in [1.807, 2.05) is 6.92 Å². The molecule has 1 heterocycles. The second-order valence-corrected chi connectivity index (χ2v) is 4.55. The summed E-state index contributed by atoms with van der Waals surface area (Å²) in [5.74, 6) is 2.02. The van der Waals surface area contributed by atoms with E-state index in [-0.39, 0.29) is 5.41 Å². The fraction of sp³-hybridized carbons (Fsp3) is 0.636. The predicted molar refractivity (Wildman–Crippen MR) is 54.8 cm³/mol. The Balaban J connectivity index is 3.30. The molecule has 0 aliphatic heterocycles. The van der Waals surface area contributed by atoms with Crippen LogP contribution in [0, 0.1) is 13.8 Å². The molecule has 0 spiro atoms. The van der Waals surface area contributed by atoms with Crippen LogP contribution < -0.4 is 5.73 Å². The molecule has 1 rings (SSSR count). The average molecular weight is 181 g/mol. The van der Waals surface area contributed by atoms with E-state index in [1.54, 1.807) is 0 Å². The maximum absolute atomic E-state index is 5.72. The van der Waals surface area contributed by atoms with Crippen LogP contribution in [0.2, 0.25) is 0 Å². The van der Waals surface area contributed by atoms with E-state index in [0.717, 1.165) is 11.5 Å². The maximum Gasteiger partial charge on any atom is 0.114 e. The largest absolute Gasteiger partial charge is 0.465 e. The molecule has 0 aliphatic rings. The fourth-order valence-corrected chi connectivity index (χ4v) is 1.53. The molecule has 2 nitrogen and oxygen atoms in total. The molecule has 0 saturated heterocycles. The van der Waals surface area contributed by atoms with Gasteiger partial charge in [-0.25, -0.2) is 0 Å².